The van der Waals surface area contributed by atoms with E-state index in [1.54, 1.807) is 39.3 Å². The number of benzene rings is 4. The fourth-order valence-electron chi connectivity index (χ4n) is 5.10. The van der Waals surface area contributed by atoms with Gasteiger partial charge in [0.15, 0.2) is 11.9 Å². The van der Waals surface area contributed by atoms with Crippen molar-refractivity contribution < 1.29 is 19.0 Å². The largest absolute Gasteiger partial charge is 0.496 e. The van der Waals surface area contributed by atoms with Gasteiger partial charge in [-0.25, -0.2) is 9.78 Å². The molecule has 43 heavy (non-hydrogen) atoms. The summed E-state index contributed by atoms with van der Waals surface area (Å²) in [5.74, 6) is 1.34. The number of nitrogens with zero attached hydrogens (tertiary/aromatic N) is 3. The third-order valence-electron chi connectivity index (χ3n) is 7.35. The molecule has 0 aliphatic carbocycles. The molecule has 0 bridgehead atoms. The molecule has 8 nitrogen and oxygen atoms in total. The number of aryl methyl sites for hydroxylation is 1. The molecule has 1 heterocycles. The Balaban J connectivity index is 1.74. The van der Waals surface area contributed by atoms with Crippen LogP contribution in [0.25, 0.3) is 33.1 Å². The smallest absolute Gasteiger partial charge is 0.347 e. The first-order valence-corrected chi connectivity index (χ1v) is 14.3. The van der Waals surface area contributed by atoms with Gasteiger partial charge in [0, 0.05) is 11.1 Å². The Morgan fingerprint density at radius 1 is 0.977 bits per heavy atom. The highest BCUT2D eigenvalue weighted by molar-refractivity contribution is 6.02. The second kappa shape index (κ2) is 12.5. The SMILES string of the molecule is CCOC(=O)[C@@H](C)Oc1ccc2ccccc2c1C=Nn1c(-c2cc(C(C)C)c(OC)cc2C)nc2ccccc2c1=O. The van der Waals surface area contributed by atoms with Crippen LogP contribution in [0.3, 0.4) is 0 Å². The van der Waals surface area contributed by atoms with Gasteiger partial charge in [0.05, 0.1) is 30.8 Å². The van der Waals surface area contributed by atoms with Crippen LogP contribution in [0.15, 0.2) is 82.7 Å². The van der Waals surface area contributed by atoms with Crippen LogP contribution in [-0.2, 0) is 9.53 Å². The average Bonchev–Trinajstić information content (AvgIpc) is 3.00. The predicted octanol–water partition coefficient (Wildman–Crippen LogP) is 6.87. The first-order chi connectivity index (χ1) is 20.7. The minimum Gasteiger partial charge on any atom is -0.496 e. The monoisotopic (exact) mass is 577 g/mol. The summed E-state index contributed by atoms with van der Waals surface area (Å²) in [5, 5.41) is 7.01. The van der Waals surface area contributed by atoms with Crippen molar-refractivity contribution in [3.63, 3.8) is 0 Å². The molecule has 0 saturated heterocycles. The first-order valence-electron chi connectivity index (χ1n) is 14.3. The topological polar surface area (TPSA) is 92.0 Å². The normalized spacial score (nSPS) is 12.3. The summed E-state index contributed by atoms with van der Waals surface area (Å²) in [5.41, 5.74) is 3.56. The molecule has 0 unspecified atom stereocenters. The second-order valence-corrected chi connectivity index (χ2v) is 10.6. The van der Waals surface area contributed by atoms with Crippen molar-refractivity contribution in [1.29, 1.82) is 0 Å². The van der Waals surface area contributed by atoms with Gasteiger partial charge < -0.3 is 14.2 Å². The van der Waals surface area contributed by atoms with E-state index in [2.05, 4.69) is 13.8 Å². The van der Waals surface area contributed by atoms with Crippen molar-refractivity contribution in [2.45, 2.75) is 46.6 Å². The number of para-hydroxylation sites is 1. The number of carbonyl (C=O) groups is 1. The minimum atomic E-state index is -0.842. The number of fused-ring (bicyclic) bond motifs is 2. The summed E-state index contributed by atoms with van der Waals surface area (Å²) >= 11 is 0. The number of aromatic nitrogens is 2. The van der Waals surface area contributed by atoms with E-state index in [9.17, 15) is 9.59 Å². The molecule has 0 N–H and O–H groups in total. The summed E-state index contributed by atoms with van der Waals surface area (Å²) in [6.07, 6.45) is 0.754. The lowest BCUT2D eigenvalue weighted by molar-refractivity contribution is -0.150. The predicted molar refractivity (Wildman–Crippen MR) is 170 cm³/mol. The lowest BCUT2D eigenvalue weighted by Gasteiger charge is -2.18. The molecule has 8 heteroatoms. The van der Waals surface area contributed by atoms with E-state index in [1.807, 2.05) is 67.6 Å². The number of rotatable bonds is 9. The van der Waals surface area contributed by atoms with Crippen molar-refractivity contribution in [1.82, 2.24) is 9.66 Å². The summed E-state index contributed by atoms with van der Waals surface area (Å²) in [6, 6.07) is 22.7. The Kier molecular flexibility index (Phi) is 8.57. The second-order valence-electron chi connectivity index (χ2n) is 10.6. The van der Waals surface area contributed by atoms with E-state index in [1.165, 1.54) is 4.68 Å². The molecule has 5 aromatic rings. The molecule has 0 saturated carbocycles. The van der Waals surface area contributed by atoms with E-state index in [0.717, 1.165) is 33.2 Å². The number of hydrogen-bond donors (Lipinski definition) is 0. The summed E-state index contributed by atoms with van der Waals surface area (Å²) in [4.78, 5) is 31.3. The number of ether oxygens (including phenoxy) is 3. The van der Waals surface area contributed by atoms with Crippen molar-refractivity contribution in [3.8, 4) is 22.9 Å². The van der Waals surface area contributed by atoms with Crippen LogP contribution in [0.1, 0.15) is 50.3 Å². The van der Waals surface area contributed by atoms with E-state index in [0.29, 0.717) is 28.0 Å². The fraction of sp³-hybridized carbons (Fsp3) is 0.257. The quantitative estimate of drug-likeness (QED) is 0.140. The van der Waals surface area contributed by atoms with Crippen LogP contribution in [0.4, 0.5) is 0 Å². The van der Waals surface area contributed by atoms with Gasteiger partial charge in [-0.3, -0.25) is 4.79 Å². The molecule has 0 spiro atoms. The van der Waals surface area contributed by atoms with Crippen LogP contribution < -0.4 is 15.0 Å². The van der Waals surface area contributed by atoms with E-state index < -0.39 is 12.1 Å². The lowest BCUT2D eigenvalue weighted by atomic mass is 9.96. The van der Waals surface area contributed by atoms with Crippen molar-refractivity contribution in [2.24, 2.45) is 5.10 Å². The molecule has 4 aromatic carbocycles. The third-order valence-corrected chi connectivity index (χ3v) is 7.35. The van der Waals surface area contributed by atoms with Crippen molar-refractivity contribution >= 4 is 33.9 Å². The molecule has 1 aromatic heterocycles. The zero-order valence-corrected chi connectivity index (χ0v) is 25.3. The number of carbonyl (C=O) groups excluding carboxylic acids is 1. The molecule has 220 valence electrons. The Labute approximate surface area is 250 Å². The highest BCUT2D eigenvalue weighted by atomic mass is 16.6. The minimum absolute atomic E-state index is 0.176. The fourth-order valence-corrected chi connectivity index (χ4v) is 5.10. The Morgan fingerprint density at radius 3 is 2.42 bits per heavy atom. The molecule has 1 atom stereocenters. The zero-order chi connectivity index (χ0) is 30.7. The zero-order valence-electron chi connectivity index (χ0n) is 25.3. The van der Waals surface area contributed by atoms with E-state index >= 15 is 0 Å². The van der Waals surface area contributed by atoms with E-state index in [-0.39, 0.29) is 18.1 Å². The highest BCUT2D eigenvalue weighted by Gasteiger charge is 2.20. The van der Waals surface area contributed by atoms with Gasteiger partial charge >= 0.3 is 5.97 Å². The molecule has 0 aliphatic rings. The van der Waals surface area contributed by atoms with Gasteiger partial charge in [-0.15, -0.1) is 0 Å². The van der Waals surface area contributed by atoms with Gasteiger partial charge in [-0.05, 0) is 78.9 Å². The molecule has 5 rings (SSSR count). The molecule has 0 fully saturated rings. The number of methoxy groups -OCH3 is 1. The lowest BCUT2D eigenvalue weighted by Crippen LogP contribution is -2.26. The Hall–Kier alpha value is -4.98. The molecular formula is C35H35N3O5. The summed E-state index contributed by atoms with van der Waals surface area (Å²) < 4.78 is 18.2. The van der Waals surface area contributed by atoms with Crippen molar-refractivity contribution in [3.05, 3.63) is 99.8 Å². The maximum atomic E-state index is 14.0. The maximum absolute atomic E-state index is 14.0. The third kappa shape index (κ3) is 5.86. The van der Waals surface area contributed by atoms with Crippen LogP contribution in [0.2, 0.25) is 0 Å². The molecule has 0 aliphatic heterocycles. The number of hydrogen-bond acceptors (Lipinski definition) is 7. The summed E-state index contributed by atoms with van der Waals surface area (Å²) in [6.45, 7) is 9.79. The van der Waals surface area contributed by atoms with Gasteiger partial charge in [-0.2, -0.15) is 9.78 Å². The first kappa shape index (κ1) is 29.5. The van der Waals surface area contributed by atoms with Gasteiger partial charge in [0.2, 0.25) is 0 Å². The van der Waals surface area contributed by atoms with Crippen LogP contribution in [0, 0.1) is 6.92 Å². The van der Waals surface area contributed by atoms with Gasteiger partial charge in [-0.1, -0.05) is 56.3 Å². The molecular weight excluding hydrogens is 542 g/mol. The maximum Gasteiger partial charge on any atom is 0.347 e. The van der Waals surface area contributed by atoms with Crippen LogP contribution in [0.5, 0.6) is 11.5 Å². The van der Waals surface area contributed by atoms with Crippen LogP contribution >= 0.6 is 0 Å². The summed E-state index contributed by atoms with van der Waals surface area (Å²) in [7, 11) is 1.65. The van der Waals surface area contributed by atoms with E-state index in [4.69, 9.17) is 24.3 Å². The highest BCUT2D eigenvalue weighted by Crippen LogP contribution is 2.34. The van der Waals surface area contributed by atoms with Crippen molar-refractivity contribution in [2.75, 3.05) is 13.7 Å². The van der Waals surface area contributed by atoms with Crippen LogP contribution in [-0.4, -0.2) is 41.7 Å². The standard InChI is InChI=1S/C35H35N3O5/c1-7-42-35(40)23(5)43-31-17-16-24-12-8-9-13-25(24)29(31)20-36-38-33(37-30-15-11-10-14-26(30)34(38)39)28-19-27(21(2)3)32(41-6)18-22(28)4/h8-21,23H,7H2,1-6H3/t23-/m1/s1. The molecule has 0 amide bonds. The Bertz CT molecular complexity index is 1910. The number of esters is 1. The Morgan fingerprint density at radius 2 is 1.70 bits per heavy atom. The average molecular weight is 578 g/mol. The van der Waals surface area contributed by atoms with Gasteiger partial charge in [0.1, 0.15) is 11.5 Å². The molecule has 0 radical (unpaired) electrons. The van der Waals surface area contributed by atoms with Gasteiger partial charge in [0.25, 0.3) is 5.56 Å².